The summed E-state index contributed by atoms with van der Waals surface area (Å²) in [5.74, 6) is 0. The van der Waals surface area contributed by atoms with Crippen molar-refractivity contribution in [3.63, 3.8) is 0 Å². The van der Waals surface area contributed by atoms with Crippen molar-refractivity contribution in [3.05, 3.63) is 34.9 Å². The van der Waals surface area contributed by atoms with Gasteiger partial charge in [-0.3, -0.25) is 0 Å². The molecule has 0 fully saturated rings. The van der Waals surface area contributed by atoms with E-state index in [1.165, 1.54) is 18.4 Å². The number of hydrogen-bond acceptors (Lipinski definition) is 1. The lowest BCUT2D eigenvalue weighted by molar-refractivity contribution is 0.399. The van der Waals surface area contributed by atoms with Gasteiger partial charge in [-0.2, -0.15) is 0 Å². The Balaban J connectivity index is 0.000000671. The van der Waals surface area contributed by atoms with E-state index in [4.69, 9.17) is 16.7 Å². The Morgan fingerprint density at radius 2 is 1.85 bits per heavy atom. The molecule has 1 rings (SSSR count). The van der Waals surface area contributed by atoms with Crippen LogP contribution in [0.1, 0.15) is 25.3 Å². The van der Waals surface area contributed by atoms with Crippen molar-refractivity contribution >= 4 is 11.6 Å². The van der Waals surface area contributed by atoms with Crippen LogP contribution >= 0.6 is 11.6 Å². The molecule has 0 aliphatic rings. The van der Waals surface area contributed by atoms with Crippen molar-refractivity contribution in [2.45, 2.75) is 26.2 Å². The zero-order valence-corrected chi connectivity index (χ0v) is 9.01. The van der Waals surface area contributed by atoms with Gasteiger partial charge in [0.1, 0.15) is 0 Å². The van der Waals surface area contributed by atoms with Gasteiger partial charge in [-0.1, -0.05) is 43.1 Å². The van der Waals surface area contributed by atoms with E-state index in [9.17, 15) is 0 Å². The quantitative estimate of drug-likeness (QED) is 0.794. The molecule has 0 spiro atoms. The van der Waals surface area contributed by atoms with E-state index in [1.807, 2.05) is 18.2 Å². The summed E-state index contributed by atoms with van der Waals surface area (Å²) in [6, 6.07) is 8.05. The molecular formula is C11H17ClO. The van der Waals surface area contributed by atoms with Crippen LogP contribution in [0.2, 0.25) is 5.02 Å². The highest BCUT2D eigenvalue weighted by molar-refractivity contribution is 6.31. The van der Waals surface area contributed by atoms with E-state index < -0.39 is 0 Å². The maximum Gasteiger partial charge on any atom is 0.0437 e. The van der Waals surface area contributed by atoms with Crippen LogP contribution in [-0.4, -0.2) is 12.2 Å². The summed E-state index contributed by atoms with van der Waals surface area (Å²) >= 11 is 5.96. The van der Waals surface area contributed by atoms with E-state index in [0.717, 1.165) is 18.6 Å². The highest BCUT2D eigenvalue weighted by Gasteiger charge is 1.96. The zero-order chi connectivity index (χ0) is 10.1. The Morgan fingerprint density at radius 1 is 1.23 bits per heavy atom. The number of benzene rings is 1. The van der Waals surface area contributed by atoms with Gasteiger partial charge in [0.2, 0.25) is 0 Å². The van der Waals surface area contributed by atoms with Gasteiger partial charge in [-0.25, -0.2) is 0 Å². The number of unbranched alkanes of at least 4 members (excludes halogenated alkanes) is 1. The lowest BCUT2D eigenvalue weighted by Gasteiger charge is -2.00. The summed E-state index contributed by atoms with van der Waals surface area (Å²) in [5.41, 5.74) is 1.27. The number of halogens is 1. The molecule has 0 radical (unpaired) electrons. The lowest BCUT2D eigenvalue weighted by Crippen LogP contribution is -1.84. The van der Waals surface area contributed by atoms with Crippen molar-refractivity contribution in [3.8, 4) is 0 Å². The fourth-order valence-corrected chi connectivity index (χ4v) is 1.30. The molecule has 1 nitrogen and oxygen atoms in total. The summed E-state index contributed by atoms with van der Waals surface area (Å²) in [7, 11) is 1.00. The van der Waals surface area contributed by atoms with Crippen LogP contribution in [0.15, 0.2) is 24.3 Å². The van der Waals surface area contributed by atoms with Crippen molar-refractivity contribution in [2.75, 3.05) is 7.11 Å². The van der Waals surface area contributed by atoms with Gasteiger partial charge in [-0.05, 0) is 24.5 Å². The average molecular weight is 201 g/mol. The van der Waals surface area contributed by atoms with E-state index in [-0.39, 0.29) is 0 Å². The van der Waals surface area contributed by atoms with Crippen LogP contribution in [0.25, 0.3) is 0 Å². The van der Waals surface area contributed by atoms with Crippen molar-refractivity contribution in [1.29, 1.82) is 0 Å². The molecule has 2 heteroatoms. The minimum atomic E-state index is 0.904. The third kappa shape index (κ3) is 4.91. The minimum Gasteiger partial charge on any atom is -0.400 e. The van der Waals surface area contributed by atoms with E-state index >= 15 is 0 Å². The molecule has 1 N–H and O–H groups in total. The molecule has 74 valence electrons. The molecule has 0 aromatic heterocycles. The molecule has 0 unspecified atom stereocenters. The predicted molar refractivity (Wildman–Crippen MR) is 58.2 cm³/mol. The van der Waals surface area contributed by atoms with Crippen LogP contribution < -0.4 is 0 Å². The number of rotatable bonds is 3. The monoisotopic (exact) mass is 200 g/mol. The van der Waals surface area contributed by atoms with Gasteiger partial charge in [0, 0.05) is 12.1 Å². The molecule has 0 amide bonds. The van der Waals surface area contributed by atoms with Gasteiger partial charge in [-0.15, -0.1) is 0 Å². The SMILES string of the molecule is CCCCc1ccccc1Cl.CO. The van der Waals surface area contributed by atoms with Crippen LogP contribution in [-0.2, 0) is 6.42 Å². The third-order valence-electron chi connectivity index (χ3n) is 1.76. The summed E-state index contributed by atoms with van der Waals surface area (Å²) in [5, 5.41) is 7.90. The van der Waals surface area contributed by atoms with Gasteiger partial charge in [0.05, 0.1) is 0 Å². The Morgan fingerprint density at radius 3 is 2.38 bits per heavy atom. The molecule has 0 aliphatic carbocycles. The van der Waals surface area contributed by atoms with Crippen LogP contribution in [0, 0.1) is 0 Å². The number of aliphatic hydroxyl groups is 1. The summed E-state index contributed by atoms with van der Waals surface area (Å²) in [6.45, 7) is 2.19. The Labute approximate surface area is 85.4 Å². The third-order valence-corrected chi connectivity index (χ3v) is 2.13. The van der Waals surface area contributed by atoms with Gasteiger partial charge < -0.3 is 5.11 Å². The molecule has 0 aliphatic heterocycles. The summed E-state index contributed by atoms with van der Waals surface area (Å²) < 4.78 is 0. The second kappa shape index (κ2) is 8.09. The first-order valence-corrected chi connectivity index (χ1v) is 4.90. The second-order valence-corrected chi connectivity index (χ2v) is 3.10. The first-order chi connectivity index (χ1) is 6.34. The lowest BCUT2D eigenvalue weighted by atomic mass is 10.1. The van der Waals surface area contributed by atoms with E-state index in [2.05, 4.69) is 13.0 Å². The Hall–Kier alpha value is -0.530. The molecule has 0 saturated heterocycles. The normalized spacial score (nSPS) is 8.92. The summed E-state index contributed by atoms with van der Waals surface area (Å²) in [4.78, 5) is 0. The largest absolute Gasteiger partial charge is 0.400 e. The van der Waals surface area contributed by atoms with Gasteiger partial charge in [0.25, 0.3) is 0 Å². The maximum absolute atomic E-state index is 7.00. The number of aliphatic hydroxyl groups excluding tert-OH is 1. The highest BCUT2D eigenvalue weighted by Crippen LogP contribution is 2.16. The summed E-state index contributed by atoms with van der Waals surface area (Å²) in [6.07, 6.45) is 3.56. The van der Waals surface area contributed by atoms with Crippen LogP contribution in [0.3, 0.4) is 0 Å². The zero-order valence-electron chi connectivity index (χ0n) is 8.26. The molecule has 1 aromatic rings. The fraction of sp³-hybridized carbons (Fsp3) is 0.455. The van der Waals surface area contributed by atoms with Crippen molar-refractivity contribution in [2.24, 2.45) is 0 Å². The topological polar surface area (TPSA) is 20.2 Å². The first kappa shape index (κ1) is 12.5. The number of aryl methyl sites for hydroxylation is 1. The van der Waals surface area contributed by atoms with Gasteiger partial charge >= 0.3 is 0 Å². The molecule has 13 heavy (non-hydrogen) atoms. The Bertz CT molecular complexity index is 223. The molecule has 0 heterocycles. The van der Waals surface area contributed by atoms with Gasteiger partial charge in [0.15, 0.2) is 0 Å². The van der Waals surface area contributed by atoms with E-state index in [1.54, 1.807) is 0 Å². The average Bonchev–Trinajstić information content (AvgIpc) is 2.20. The second-order valence-electron chi connectivity index (χ2n) is 2.69. The maximum atomic E-state index is 7.00. The fourth-order valence-electron chi connectivity index (χ4n) is 1.07. The van der Waals surface area contributed by atoms with Crippen LogP contribution in [0.5, 0.6) is 0 Å². The predicted octanol–water partition coefficient (Wildman–Crippen LogP) is 3.29. The minimum absolute atomic E-state index is 0.904. The molecule has 0 atom stereocenters. The smallest absolute Gasteiger partial charge is 0.0437 e. The Kier molecular flexibility index (Phi) is 7.76. The first-order valence-electron chi connectivity index (χ1n) is 4.52. The molecule has 0 saturated carbocycles. The molecular weight excluding hydrogens is 184 g/mol. The van der Waals surface area contributed by atoms with Crippen molar-refractivity contribution in [1.82, 2.24) is 0 Å². The van der Waals surface area contributed by atoms with Crippen LogP contribution in [0.4, 0.5) is 0 Å². The van der Waals surface area contributed by atoms with E-state index in [0.29, 0.717) is 0 Å². The standard InChI is InChI=1S/C10H13Cl.CH4O/c1-2-3-6-9-7-4-5-8-10(9)11;1-2/h4-5,7-8H,2-3,6H2,1H3;2H,1H3. The highest BCUT2D eigenvalue weighted by atomic mass is 35.5. The number of hydrogen-bond donors (Lipinski definition) is 1. The molecule has 1 aromatic carbocycles. The molecule has 0 bridgehead atoms. The van der Waals surface area contributed by atoms with Crippen molar-refractivity contribution < 1.29 is 5.11 Å².